The van der Waals surface area contributed by atoms with Gasteiger partial charge < -0.3 is 19.7 Å². The highest BCUT2D eigenvalue weighted by molar-refractivity contribution is 7.81. The topological polar surface area (TPSA) is 127 Å². The fraction of sp³-hybridized carbons (Fsp3) is 0.471. The summed E-state index contributed by atoms with van der Waals surface area (Å²) in [6.45, 7) is 2.02. The molecule has 0 aromatic carbocycles. The van der Waals surface area contributed by atoms with Crippen LogP contribution in [0.1, 0.15) is 27.2 Å². The van der Waals surface area contributed by atoms with E-state index in [4.69, 9.17) is 21.7 Å². The van der Waals surface area contributed by atoms with Crippen LogP contribution in [0.4, 0.5) is 0 Å². The SMILES string of the molecule is CC(=O)O[C@@H](CO)[C@H](OC(C)=O)[C@](O)(C(C)=O)C(=O)C1=CC=CCC1=S. The van der Waals surface area contributed by atoms with Crippen LogP contribution in [0.25, 0.3) is 0 Å². The summed E-state index contributed by atoms with van der Waals surface area (Å²) in [6.07, 6.45) is 1.21. The van der Waals surface area contributed by atoms with Crippen molar-refractivity contribution in [2.45, 2.75) is 45.0 Å². The molecule has 0 heterocycles. The van der Waals surface area contributed by atoms with Crippen molar-refractivity contribution in [3.8, 4) is 0 Å². The number of Topliss-reactive ketones (excluding diaryl/α,β-unsaturated/α-hetero) is 2. The van der Waals surface area contributed by atoms with Crippen molar-refractivity contribution in [3.05, 3.63) is 23.8 Å². The third kappa shape index (κ3) is 4.69. The third-order valence-corrected chi connectivity index (χ3v) is 4.06. The van der Waals surface area contributed by atoms with Crippen LogP contribution in [0.15, 0.2) is 23.8 Å². The predicted octanol–water partition coefficient (Wildman–Crippen LogP) is -0.0125. The molecular weight excluding hydrogens is 364 g/mol. The Hall–Kier alpha value is -2.23. The van der Waals surface area contributed by atoms with Crippen molar-refractivity contribution in [2.24, 2.45) is 0 Å². The summed E-state index contributed by atoms with van der Waals surface area (Å²) >= 11 is 5.09. The van der Waals surface area contributed by atoms with Gasteiger partial charge in [-0.25, -0.2) is 0 Å². The zero-order valence-corrected chi connectivity index (χ0v) is 15.4. The summed E-state index contributed by atoms with van der Waals surface area (Å²) in [5.74, 6) is -3.98. The lowest BCUT2D eigenvalue weighted by Crippen LogP contribution is -2.62. The van der Waals surface area contributed by atoms with Crippen LogP contribution in [-0.4, -0.2) is 63.0 Å². The lowest BCUT2D eigenvalue weighted by molar-refractivity contribution is -0.195. The molecule has 0 aromatic heterocycles. The van der Waals surface area contributed by atoms with Crippen LogP contribution in [0.2, 0.25) is 0 Å². The average Bonchev–Trinajstić information content (AvgIpc) is 2.56. The van der Waals surface area contributed by atoms with E-state index in [1.54, 1.807) is 6.08 Å². The Balaban J connectivity index is 3.47. The van der Waals surface area contributed by atoms with Crippen LogP contribution in [0.3, 0.4) is 0 Å². The highest BCUT2D eigenvalue weighted by Crippen LogP contribution is 2.28. The lowest BCUT2D eigenvalue weighted by Gasteiger charge is -2.36. The second kappa shape index (κ2) is 8.93. The highest BCUT2D eigenvalue weighted by atomic mass is 32.1. The maximum Gasteiger partial charge on any atom is 0.303 e. The Kier molecular flexibility index (Phi) is 7.49. The van der Waals surface area contributed by atoms with Crippen molar-refractivity contribution in [1.82, 2.24) is 0 Å². The van der Waals surface area contributed by atoms with Crippen molar-refractivity contribution < 1.29 is 38.9 Å². The fourth-order valence-electron chi connectivity index (χ4n) is 2.46. The Labute approximate surface area is 155 Å². The molecule has 3 atom stereocenters. The van der Waals surface area contributed by atoms with Crippen LogP contribution < -0.4 is 0 Å². The van der Waals surface area contributed by atoms with Crippen molar-refractivity contribution >= 4 is 40.6 Å². The molecule has 1 rings (SSSR count). The molecule has 0 bridgehead atoms. The Morgan fingerprint density at radius 3 is 2.19 bits per heavy atom. The number of carbonyl (C=O) groups excluding carboxylic acids is 4. The van der Waals surface area contributed by atoms with Gasteiger partial charge in [0.15, 0.2) is 18.0 Å². The van der Waals surface area contributed by atoms with Crippen LogP contribution in [-0.2, 0) is 28.7 Å². The molecule has 0 unspecified atom stereocenters. The standard InChI is InChI=1S/C17H20O8S/c1-9(19)17(23,15(22)12-6-4-5-7-14(12)26)16(25-11(3)21)13(8-18)24-10(2)20/h4-6,13,16,18,23H,7-8H2,1-3H3/t13-,16-,17-/m0/s1. The molecule has 1 aliphatic rings. The van der Waals surface area contributed by atoms with Gasteiger partial charge in [-0.15, -0.1) is 0 Å². The zero-order valence-electron chi connectivity index (χ0n) is 14.6. The molecule has 0 radical (unpaired) electrons. The van der Waals surface area contributed by atoms with Crippen LogP contribution >= 0.6 is 12.2 Å². The number of allylic oxidation sites excluding steroid dienone is 3. The minimum absolute atomic E-state index is 0.100. The molecule has 8 nitrogen and oxygen atoms in total. The minimum atomic E-state index is -2.89. The summed E-state index contributed by atoms with van der Waals surface area (Å²) in [6, 6.07) is 0. The second-order valence-electron chi connectivity index (χ2n) is 5.65. The van der Waals surface area contributed by atoms with Gasteiger partial charge in [0.2, 0.25) is 11.4 Å². The molecule has 0 aromatic rings. The number of ketones is 2. The minimum Gasteiger partial charge on any atom is -0.456 e. The Morgan fingerprint density at radius 1 is 1.19 bits per heavy atom. The second-order valence-corrected chi connectivity index (χ2v) is 6.14. The normalized spacial score (nSPS) is 18.2. The average molecular weight is 384 g/mol. The first-order valence-corrected chi connectivity index (χ1v) is 8.10. The van der Waals surface area contributed by atoms with Crippen LogP contribution in [0.5, 0.6) is 0 Å². The molecular formula is C17H20O8S. The molecule has 26 heavy (non-hydrogen) atoms. The van der Waals surface area contributed by atoms with E-state index in [2.05, 4.69) is 0 Å². The maximum absolute atomic E-state index is 12.9. The summed E-state index contributed by atoms with van der Waals surface area (Å²) < 4.78 is 9.75. The van der Waals surface area contributed by atoms with Crippen molar-refractivity contribution in [3.63, 3.8) is 0 Å². The number of ether oxygens (including phenoxy) is 2. The van der Waals surface area contributed by atoms with Crippen LogP contribution in [0, 0.1) is 0 Å². The maximum atomic E-state index is 12.9. The molecule has 0 fully saturated rings. The van der Waals surface area contributed by atoms with Gasteiger partial charge in [-0.3, -0.25) is 19.2 Å². The molecule has 0 saturated carbocycles. The fourth-order valence-corrected chi connectivity index (χ4v) is 2.71. The monoisotopic (exact) mass is 384 g/mol. The first-order chi connectivity index (χ1) is 12.0. The largest absolute Gasteiger partial charge is 0.456 e. The van der Waals surface area contributed by atoms with Gasteiger partial charge >= 0.3 is 11.9 Å². The molecule has 0 aliphatic heterocycles. The van der Waals surface area contributed by atoms with E-state index in [1.165, 1.54) is 12.2 Å². The molecule has 0 amide bonds. The number of thiocarbonyl (C=S) groups is 1. The summed E-state index contributed by atoms with van der Waals surface area (Å²) in [4.78, 5) is 48.0. The van der Waals surface area contributed by atoms with Crippen molar-refractivity contribution in [1.29, 1.82) is 0 Å². The number of esters is 2. The lowest BCUT2D eigenvalue weighted by atomic mass is 9.79. The quantitative estimate of drug-likeness (QED) is 0.337. The first kappa shape index (κ1) is 21.8. The van der Waals surface area contributed by atoms with Gasteiger partial charge in [0.25, 0.3) is 0 Å². The smallest absolute Gasteiger partial charge is 0.303 e. The van der Waals surface area contributed by atoms with Gasteiger partial charge in [0, 0.05) is 30.7 Å². The summed E-state index contributed by atoms with van der Waals surface area (Å²) in [5.41, 5.74) is -2.99. The molecule has 142 valence electrons. The van der Waals surface area contributed by atoms with E-state index >= 15 is 0 Å². The van der Waals surface area contributed by atoms with Crippen molar-refractivity contribution in [2.75, 3.05) is 6.61 Å². The summed E-state index contributed by atoms with van der Waals surface area (Å²) in [7, 11) is 0. The van der Waals surface area contributed by atoms with E-state index in [-0.39, 0.29) is 16.9 Å². The molecule has 2 N–H and O–H groups in total. The Morgan fingerprint density at radius 2 is 1.77 bits per heavy atom. The molecule has 0 saturated heterocycles. The first-order valence-electron chi connectivity index (χ1n) is 7.69. The number of hydrogen-bond donors (Lipinski definition) is 2. The molecule has 1 aliphatic carbocycles. The van der Waals surface area contributed by atoms with E-state index in [9.17, 15) is 29.4 Å². The Bertz CT molecular complexity index is 693. The van der Waals surface area contributed by atoms with Gasteiger partial charge in [0.1, 0.15) is 0 Å². The van der Waals surface area contributed by atoms with Gasteiger partial charge in [-0.2, -0.15) is 0 Å². The number of hydrogen-bond acceptors (Lipinski definition) is 9. The van der Waals surface area contributed by atoms with E-state index < -0.39 is 47.9 Å². The number of rotatable bonds is 8. The third-order valence-electron chi connectivity index (χ3n) is 3.67. The predicted molar refractivity (Wildman–Crippen MR) is 93.3 cm³/mol. The molecule has 0 spiro atoms. The number of aliphatic hydroxyl groups is 2. The highest BCUT2D eigenvalue weighted by Gasteiger charge is 2.55. The summed E-state index contributed by atoms with van der Waals surface area (Å²) in [5, 5.41) is 20.4. The van der Waals surface area contributed by atoms with E-state index in [0.717, 1.165) is 20.8 Å². The van der Waals surface area contributed by atoms with Gasteiger partial charge in [-0.05, 0) is 6.92 Å². The van der Waals surface area contributed by atoms with Gasteiger partial charge in [0.05, 0.1) is 6.61 Å². The number of carbonyl (C=O) groups is 4. The van der Waals surface area contributed by atoms with Gasteiger partial charge in [-0.1, -0.05) is 30.4 Å². The molecule has 9 heteroatoms. The zero-order chi connectivity index (χ0) is 20.1. The number of aliphatic hydroxyl groups excluding tert-OH is 1. The van der Waals surface area contributed by atoms with E-state index in [1.807, 2.05) is 0 Å². The van der Waals surface area contributed by atoms with E-state index in [0.29, 0.717) is 0 Å².